The van der Waals surface area contributed by atoms with Crippen molar-refractivity contribution in [2.24, 2.45) is 0 Å². The Morgan fingerprint density at radius 3 is 2.67 bits per heavy atom. The first kappa shape index (κ1) is 10.9. The predicted octanol–water partition coefficient (Wildman–Crippen LogP) is 3.03. The predicted molar refractivity (Wildman–Crippen MR) is 70.8 cm³/mol. The van der Waals surface area contributed by atoms with Gasteiger partial charge in [0.1, 0.15) is 11.6 Å². The lowest BCUT2D eigenvalue weighted by atomic mass is 10.1. The molecule has 5 heteroatoms. The van der Waals surface area contributed by atoms with Crippen LogP contribution in [0.25, 0.3) is 16.9 Å². The zero-order valence-electron chi connectivity index (χ0n) is 9.21. The Bertz CT molecular complexity index is 753. The van der Waals surface area contributed by atoms with Crippen LogP contribution in [0.4, 0.5) is 0 Å². The molecule has 0 radical (unpaired) electrons. The van der Waals surface area contributed by atoms with E-state index in [4.69, 9.17) is 5.26 Å². The van der Waals surface area contributed by atoms with Crippen molar-refractivity contribution in [2.75, 3.05) is 0 Å². The van der Waals surface area contributed by atoms with Gasteiger partial charge < -0.3 is 0 Å². The van der Waals surface area contributed by atoms with E-state index in [9.17, 15) is 0 Å². The molecule has 0 fully saturated rings. The molecule has 86 valence electrons. The molecule has 4 nitrogen and oxygen atoms in total. The van der Waals surface area contributed by atoms with E-state index in [-0.39, 0.29) is 0 Å². The van der Waals surface area contributed by atoms with E-state index in [1.807, 2.05) is 30.3 Å². The molecule has 0 aliphatic heterocycles. The maximum Gasteiger partial charge on any atom is 0.173 e. The number of nitrogens with zero attached hydrogens (tertiary/aromatic N) is 4. The second-order valence-corrected chi connectivity index (χ2v) is 4.66. The smallest absolute Gasteiger partial charge is 0.173 e. The summed E-state index contributed by atoms with van der Waals surface area (Å²) in [5.74, 6) is 0. The fourth-order valence-electron chi connectivity index (χ4n) is 1.81. The quantitative estimate of drug-likeness (QED) is 0.694. The summed E-state index contributed by atoms with van der Waals surface area (Å²) in [4.78, 5) is 4.18. The molecule has 0 saturated heterocycles. The van der Waals surface area contributed by atoms with Crippen molar-refractivity contribution in [3.63, 3.8) is 0 Å². The molecule has 2 aromatic heterocycles. The van der Waals surface area contributed by atoms with E-state index >= 15 is 0 Å². The molecule has 0 atom stereocenters. The number of hydrogen-bond acceptors (Lipinski definition) is 3. The lowest BCUT2D eigenvalue weighted by Gasteiger charge is -2.04. The Balaban J connectivity index is 2.27. The van der Waals surface area contributed by atoms with Crippen LogP contribution < -0.4 is 0 Å². The Kier molecular flexibility index (Phi) is 2.58. The van der Waals surface area contributed by atoms with E-state index in [0.717, 1.165) is 15.7 Å². The molecule has 3 rings (SSSR count). The highest BCUT2D eigenvalue weighted by Gasteiger charge is 2.09. The normalized spacial score (nSPS) is 10.4. The van der Waals surface area contributed by atoms with E-state index in [2.05, 4.69) is 32.1 Å². The third kappa shape index (κ3) is 1.67. The number of nitriles is 1. The van der Waals surface area contributed by atoms with Gasteiger partial charge in [-0.3, -0.25) is 0 Å². The maximum absolute atomic E-state index is 8.97. The Morgan fingerprint density at radius 2 is 1.94 bits per heavy atom. The molecule has 18 heavy (non-hydrogen) atoms. The van der Waals surface area contributed by atoms with Gasteiger partial charge in [-0.2, -0.15) is 10.4 Å². The highest BCUT2D eigenvalue weighted by molar-refractivity contribution is 9.10. The van der Waals surface area contributed by atoms with Crippen LogP contribution in [0.15, 0.2) is 47.2 Å². The summed E-state index contributed by atoms with van der Waals surface area (Å²) in [6.07, 6.45) is 3.22. The van der Waals surface area contributed by atoms with E-state index < -0.39 is 0 Å². The van der Waals surface area contributed by atoms with Crippen LogP contribution in [0.3, 0.4) is 0 Å². The Morgan fingerprint density at radius 1 is 1.17 bits per heavy atom. The van der Waals surface area contributed by atoms with Gasteiger partial charge in [-0.25, -0.2) is 9.50 Å². The second-order valence-electron chi connectivity index (χ2n) is 3.74. The fraction of sp³-hybridized carbons (Fsp3) is 0. The van der Waals surface area contributed by atoms with Crippen LogP contribution >= 0.6 is 15.9 Å². The molecular weight excluding hydrogens is 292 g/mol. The minimum atomic E-state index is 0.481. The van der Waals surface area contributed by atoms with Crippen LogP contribution in [0, 0.1) is 11.3 Å². The van der Waals surface area contributed by atoms with Gasteiger partial charge in [-0.1, -0.05) is 28.1 Å². The van der Waals surface area contributed by atoms with Crippen molar-refractivity contribution in [1.29, 1.82) is 5.26 Å². The molecule has 3 aromatic rings. The highest BCUT2D eigenvalue weighted by Crippen LogP contribution is 2.22. The zero-order chi connectivity index (χ0) is 12.5. The molecule has 2 heterocycles. The largest absolute Gasteiger partial charge is 0.236 e. The van der Waals surface area contributed by atoms with E-state index in [1.165, 1.54) is 6.20 Å². The van der Waals surface area contributed by atoms with Crippen molar-refractivity contribution >= 4 is 21.6 Å². The van der Waals surface area contributed by atoms with E-state index in [1.54, 1.807) is 10.7 Å². The van der Waals surface area contributed by atoms with Crippen molar-refractivity contribution in [1.82, 2.24) is 14.6 Å². The number of fused-ring (bicyclic) bond motifs is 1. The summed E-state index contributed by atoms with van der Waals surface area (Å²) < 4.78 is 2.71. The van der Waals surface area contributed by atoms with Crippen molar-refractivity contribution in [3.05, 3.63) is 52.8 Å². The minimum absolute atomic E-state index is 0.481. The molecule has 1 aromatic carbocycles. The highest BCUT2D eigenvalue weighted by atomic mass is 79.9. The first-order valence-electron chi connectivity index (χ1n) is 5.28. The Hall–Kier alpha value is -2.19. The lowest BCUT2D eigenvalue weighted by Crippen LogP contribution is -1.95. The molecule has 0 N–H and O–H groups in total. The summed E-state index contributed by atoms with van der Waals surface area (Å²) in [6.45, 7) is 0. The van der Waals surface area contributed by atoms with Gasteiger partial charge >= 0.3 is 0 Å². The summed E-state index contributed by atoms with van der Waals surface area (Å²) in [6, 6.07) is 11.9. The zero-order valence-corrected chi connectivity index (χ0v) is 10.8. The first-order chi connectivity index (χ1) is 8.79. The summed E-state index contributed by atoms with van der Waals surface area (Å²) in [7, 11) is 0. The van der Waals surface area contributed by atoms with Gasteiger partial charge in [0, 0.05) is 16.2 Å². The van der Waals surface area contributed by atoms with Crippen LogP contribution in [-0.4, -0.2) is 14.6 Å². The van der Waals surface area contributed by atoms with Crippen LogP contribution in [0.5, 0.6) is 0 Å². The van der Waals surface area contributed by atoms with Crippen LogP contribution in [-0.2, 0) is 0 Å². The van der Waals surface area contributed by atoms with Gasteiger partial charge in [0.05, 0.1) is 11.9 Å². The average molecular weight is 299 g/mol. The molecule has 0 bridgehead atoms. The average Bonchev–Trinajstić information content (AvgIpc) is 2.82. The van der Waals surface area contributed by atoms with E-state index in [0.29, 0.717) is 11.2 Å². The summed E-state index contributed by atoms with van der Waals surface area (Å²) in [5, 5.41) is 13.2. The number of benzene rings is 1. The molecule has 0 amide bonds. The topological polar surface area (TPSA) is 54.0 Å². The second kappa shape index (κ2) is 4.24. The third-order valence-electron chi connectivity index (χ3n) is 2.66. The molecule has 0 spiro atoms. The van der Waals surface area contributed by atoms with Gasteiger partial charge in [0.25, 0.3) is 0 Å². The molecule has 0 aliphatic rings. The standard InChI is InChI=1S/C13H7BrN4/c14-11-3-1-9(2-4-11)12-5-6-16-13-10(7-15)8-17-18(12)13/h1-6,8H. The summed E-state index contributed by atoms with van der Waals surface area (Å²) in [5.41, 5.74) is 3.00. The first-order valence-corrected chi connectivity index (χ1v) is 6.07. The SMILES string of the molecule is N#Cc1cnn2c(-c3ccc(Br)cc3)ccnc12. The molecular formula is C13H7BrN4. The molecule has 0 saturated carbocycles. The van der Waals surface area contributed by atoms with Gasteiger partial charge in [0.2, 0.25) is 0 Å². The van der Waals surface area contributed by atoms with Crippen LogP contribution in [0.1, 0.15) is 5.56 Å². The molecule has 0 unspecified atom stereocenters. The van der Waals surface area contributed by atoms with Crippen molar-refractivity contribution < 1.29 is 0 Å². The number of rotatable bonds is 1. The lowest BCUT2D eigenvalue weighted by molar-refractivity contribution is 0.948. The van der Waals surface area contributed by atoms with Crippen molar-refractivity contribution in [2.45, 2.75) is 0 Å². The monoisotopic (exact) mass is 298 g/mol. The third-order valence-corrected chi connectivity index (χ3v) is 3.19. The number of aromatic nitrogens is 3. The Labute approximate surface area is 112 Å². The number of hydrogen-bond donors (Lipinski definition) is 0. The van der Waals surface area contributed by atoms with Gasteiger partial charge in [-0.15, -0.1) is 0 Å². The minimum Gasteiger partial charge on any atom is -0.236 e. The summed E-state index contributed by atoms with van der Waals surface area (Å²) >= 11 is 3.41. The van der Waals surface area contributed by atoms with Crippen molar-refractivity contribution in [3.8, 4) is 17.3 Å². The van der Waals surface area contributed by atoms with Gasteiger partial charge in [0.15, 0.2) is 5.65 Å². The fourth-order valence-corrected chi connectivity index (χ4v) is 2.07. The number of halogens is 1. The van der Waals surface area contributed by atoms with Crippen LogP contribution in [0.2, 0.25) is 0 Å². The van der Waals surface area contributed by atoms with Gasteiger partial charge in [-0.05, 0) is 18.2 Å². The maximum atomic E-state index is 8.97. The molecule has 0 aliphatic carbocycles.